The number of benzene rings is 1. The zero-order valence-electron chi connectivity index (χ0n) is 14.7. The van der Waals surface area contributed by atoms with E-state index in [9.17, 15) is 18.4 Å². The molecule has 3 N–H and O–H groups in total. The summed E-state index contributed by atoms with van der Waals surface area (Å²) in [4.78, 5) is 28.4. The molecule has 0 radical (unpaired) electrons. The van der Waals surface area contributed by atoms with Crippen molar-refractivity contribution in [1.29, 1.82) is 0 Å². The Morgan fingerprint density at radius 3 is 2.57 bits per heavy atom. The minimum Gasteiger partial charge on any atom is -0.444 e. The summed E-state index contributed by atoms with van der Waals surface area (Å²) in [6.45, 7) is 3.56. The summed E-state index contributed by atoms with van der Waals surface area (Å²) in [6.07, 6.45) is 0. The second-order valence-electron chi connectivity index (χ2n) is 5.79. The Hall–Kier alpha value is -3.27. The van der Waals surface area contributed by atoms with E-state index in [2.05, 4.69) is 25.8 Å². The van der Waals surface area contributed by atoms with Crippen LogP contribution in [0.25, 0.3) is 0 Å². The van der Waals surface area contributed by atoms with Gasteiger partial charge in [-0.1, -0.05) is 11.6 Å². The van der Waals surface area contributed by atoms with Crippen LogP contribution >= 0.6 is 11.6 Å². The summed E-state index contributed by atoms with van der Waals surface area (Å²) in [5.41, 5.74) is 0.397. The Morgan fingerprint density at radius 2 is 1.89 bits per heavy atom. The lowest BCUT2D eigenvalue weighted by molar-refractivity contribution is 0.0942. The van der Waals surface area contributed by atoms with Crippen LogP contribution in [0.15, 0.2) is 22.6 Å². The Labute approximate surface area is 162 Å². The average molecular weight is 410 g/mol. The highest BCUT2D eigenvalue weighted by atomic mass is 35.5. The molecule has 11 heteroatoms. The van der Waals surface area contributed by atoms with Crippen molar-refractivity contribution < 1.29 is 22.8 Å². The van der Waals surface area contributed by atoms with Crippen LogP contribution in [0.4, 0.5) is 14.6 Å². The predicted octanol–water partition coefficient (Wildman–Crippen LogP) is 3.13. The molecular formula is C17H14ClF2N5O3. The lowest BCUT2D eigenvalue weighted by Crippen LogP contribution is -2.23. The predicted molar refractivity (Wildman–Crippen MR) is 95.1 cm³/mol. The molecule has 1 aromatic carbocycles. The molecule has 0 unspecified atom stereocenters. The number of nitrogens with zero attached hydrogens (tertiary/aromatic N) is 2. The molecular weight excluding hydrogens is 396 g/mol. The molecule has 0 fully saturated rings. The first-order chi connectivity index (χ1) is 13.2. The van der Waals surface area contributed by atoms with Crippen LogP contribution in [0.2, 0.25) is 5.02 Å². The molecule has 0 saturated carbocycles. The van der Waals surface area contributed by atoms with E-state index in [1.807, 2.05) is 0 Å². The number of amides is 2. The van der Waals surface area contributed by atoms with Gasteiger partial charge >= 0.3 is 0 Å². The smallest absolute Gasteiger partial charge is 0.272 e. The van der Waals surface area contributed by atoms with Crippen LogP contribution < -0.4 is 10.6 Å². The van der Waals surface area contributed by atoms with Gasteiger partial charge in [-0.3, -0.25) is 14.7 Å². The third-order valence-electron chi connectivity index (χ3n) is 3.72. The highest BCUT2D eigenvalue weighted by molar-refractivity contribution is 6.34. The SMILES string of the molecule is Cc1nc(C)c(CNC(=O)c2cc(NC(=O)c3cc(F)c(F)cc3Cl)[nH]n2)o1. The molecule has 0 aliphatic carbocycles. The van der Waals surface area contributed by atoms with Gasteiger partial charge in [0.2, 0.25) is 0 Å². The molecule has 0 bridgehead atoms. The zero-order chi connectivity index (χ0) is 20.4. The maximum Gasteiger partial charge on any atom is 0.272 e. The molecule has 146 valence electrons. The maximum absolute atomic E-state index is 13.3. The Bertz CT molecular complexity index is 1060. The normalized spacial score (nSPS) is 10.8. The molecule has 3 aromatic rings. The number of aryl methyl sites for hydroxylation is 2. The monoisotopic (exact) mass is 409 g/mol. The number of hydrogen-bond acceptors (Lipinski definition) is 5. The van der Waals surface area contributed by atoms with E-state index >= 15 is 0 Å². The van der Waals surface area contributed by atoms with Gasteiger partial charge in [0.25, 0.3) is 11.8 Å². The van der Waals surface area contributed by atoms with Gasteiger partial charge in [0, 0.05) is 13.0 Å². The standard InChI is InChI=1S/C17H14ClF2N5O3/c1-7-14(28-8(2)22-7)6-21-17(27)13-5-15(25-24-13)23-16(26)9-3-11(19)12(20)4-10(9)18/h3-5H,6H2,1-2H3,(H,21,27)(H2,23,24,25,26). The number of halogens is 3. The minimum atomic E-state index is -1.21. The van der Waals surface area contributed by atoms with Gasteiger partial charge in [-0.05, 0) is 19.1 Å². The van der Waals surface area contributed by atoms with Crippen molar-refractivity contribution in [2.45, 2.75) is 20.4 Å². The van der Waals surface area contributed by atoms with Crippen LogP contribution in [-0.4, -0.2) is 27.0 Å². The molecule has 28 heavy (non-hydrogen) atoms. The first-order valence-corrected chi connectivity index (χ1v) is 8.34. The molecule has 8 nitrogen and oxygen atoms in total. The maximum atomic E-state index is 13.3. The fourth-order valence-corrected chi connectivity index (χ4v) is 2.61. The summed E-state index contributed by atoms with van der Waals surface area (Å²) in [5, 5.41) is 11.0. The third-order valence-corrected chi connectivity index (χ3v) is 4.04. The molecule has 0 aliphatic heterocycles. The summed E-state index contributed by atoms with van der Waals surface area (Å²) in [7, 11) is 0. The first kappa shape index (κ1) is 19.5. The van der Waals surface area contributed by atoms with Crippen LogP contribution in [0.1, 0.15) is 38.2 Å². The van der Waals surface area contributed by atoms with Gasteiger partial charge in [0.15, 0.2) is 23.2 Å². The number of aromatic amines is 1. The number of carbonyl (C=O) groups excluding carboxylic acids is 2. The Kier molecular flexibility index (Phi) is 5.41. The van der Waals surface area contributed by atoms with Crippen molar-refractivity contribution in [3.8, 4) is 0 Å². The minimum absolute atomic E-state index is 0.000531. The number of rotatable bonds is 5. The number of hydrogen-bond donors (Lipinski definition) is 3. The fraction of sp³-hybridized carbons (Fsp3) is 0.176. The first-order valence-electron chi connectivity index (χ1n) is 7.97. The lowest BCUT2D eigenvalue weighted by atomic mass is 10.2. The second-order valence-corrected chi connectivity index (χ2v) is 6.20. The van der Waals surface area contributed by atoms with Crippen LogP contribution in [0.5, 0.6) is 0 Å². The molecule has 0 spiro atoms. The van der Waals surface area contributed by atoms with E-state index in [1.54, 1.807) is 13.8 Å². The largest absolute Gasteiger partial charge is 0.444 e. The van der Waals surface area contributed by atoms with E-state index in [-0.39, 0.29) is 28.6 Å². The Balaban J connectivity index is 1.65. The summed E-state index contributed by atoms with van der Waals surface area (Å²) < 4.78 is 31.8. The number of anilines is 1. The summed E-state index contributed by atoms with van der Waals surface area (Å²) >= 11 is 5.76. The van der Waals surface area contributed by atoms with Gasteiger partial charge in [-0.25, -0.2) is 13.8 Å². The van der Waals surface area contributed by atoms with Crippen LogP contribution in [0, 0.1) is 25.5 Å². The molecule has 2 aromatic heterocycles. The van der Waals surface area contributed by atoms with E-state index in [0.717, 1.165) is 0 Å². The van der Waals surface area contributed by atoms with Crippen molar-refractivity contribution in [1.82, 2.24) is 20.5 Å². The van der Waals surface area contributed by atoms with E-state index < -0.39 is 23.4 Å². The highest BCUT2D eigenvalue weighted by Gasteiger charge is 2.18. The van der Waals surface area contributed by atoms with Crippen molar-refractivity contribution in [2.24, 2.45) is 0 Å². The second kappa shape index (κ2) is 7.77. The van der Waals surface area contributed by atoms with Crippen molar-refractivity contribution in [2.75, 3.05) is 5.32 Å². The van der Waals surface area contributed by atoms with Gasteiger partial charge < -0.3 is 15.1 Å². The molecule has 2 heterocycles. The topological polar surface area (TPSA) is 113 Å². The van der Waals surface area contributed by atoms with Crippen LogP contribution in [0.3, 0.4) is 0 Å². The van der Waals surface area contributed by atoms with Crippen molar-refractivity contribution in [3.05, 3.63) is 63.5 Å². The molecule has 2 amide bonds. The molecule has 3 rings (SSSR count). The van der Waals surface area contributed by atoms with Gasteiger partial charge in [-0.15, -0.1) is 0 Å². The zero-order valence-corrected chi connectivity index (χ0v) is 15.4. The summed E-state index contributed by atoms with van der Waals surface area (Å²) in [6, 6.07) is 2.66. The molecule has 0 aliphatic rings. The fourth-order valence-electron chi connectivity index (χ4n) is 2.38. The van der Waals surface area contributed by atoms with Crippen molar-refractivity contribution >= 4 is 29.2 Å². The van der Waals surface area contributed by atoms with Gasteiger partial charge in [0.1, 0.15) is 11.6 Å². The number of H-pyrrole nitrogens is 1. The van der Waals surface area contributed by atoms with E-state index in [4.69, 9.17) is 16.0 Å². The number of nitrogens with one attached hydrogen (secondary N) is 3. The Morgan fingerprint density at radius 1 is 1.18 bits per heavy atom. The summed E-state index contributed by atoms with van der Waals surface area (Å²) in [5.74, 6) is -2.62. The quantitative estimate of drug-likeness (QED) is 0.560. The number of oxazole rings is 1. The van der Waals surface area contributed by atoms with Crippen LogP contribution in [-0.2, 0) is 6.54 Å². The van der Waals surface area contributed by atoms with Gasteiger partial charge in [0.05, 0.1) is 22.8 Å². The van der Waals surface area contributed by atoms with Crippen molar-refractivity contribution in [3.63, 3.8) is 0 Å². The van der Waals surface area contributed by atoms with E-state index in [1.165, 1.54) is 6.07 Å². The highest BCUT2D eigenvalue weighted by Crippen LogP contribution is 2.21. The molecule has 0 saturated heterocycles. The number of carbonyl (C=O) groups is 2. The molecule has 0 atom stereocenters. The number of aromatic nitrogens is 3. The van der Waals surface area contributed by atoms with Gasteiger partial charge in [-0.2, -0.15) is 5.10 Å². The average Bonchev–Trinajstić information content (AvgIpc) is 3.22. The lowest BCUT2D eigenvalue weighted by Gasteiger charge is -2.05. The third kappa shape index (κ3) is 4.17. The van der Waals surface area contributed by atoms with E-state index in [0.29, 0.717) is 29.5 Å².